The minimum absolute atomic E-state index is 0.292. The van der Waals surface area contributed by atoms with Crippen LogP contribution in [0.4, 0.5) is 4.53 Å². The lowest BCUT2D eigenvalue weighted by molar-refractivity contribution is -0.165. The van der Waals surface area contributed by atoms with Crippen molar-refractivity contribution in [1.29, 1.82) is 0 Å². The van der Waals surface area contributed by atoms with Crippen LogP contribution >= 0.6 is 0 Å². The molecule has 14 heavy (non-hydrogen) atoms. The van der Waals surface area contributed by atoms with Gasteiger partial charge in [0.05, 0.1) is 0 Å². The second-order valence-electron chi connectivity index (χ2n) is 3.10. The summed E-state index contributed by atoms with van der Waals surface area (Å²) in [5.41, 5.74) is 0. The molecule has 0 aromatic rings. The lowest BCUT2D eigenvalue weighted by Crippen LogP contribution is -2.27. The Labute approximate surface area is 84.4 Å². The first-order chi connectivity index (χ1) is 6.85. The molecule has 0 spiro atoms. The highest BCUT2D eigenvalue weighted by Gasteiger charge is 2.03. The molecule has 1 heterocycles. The Balaban J connectivity index is 0.000000364. The van der Waals surface area contributed by atoms with Gasteiger partial charge < -0.3 is 0 Å². The van der Waals surface area contributed by atoms with E-state index in [1.54, 1.807) is 0 Å². The number of hydrogen-bond acceptors (Lipinski definition) is 3. The first kappa shape index (κ1) is 13.1. The maximum atomic E-state index is 9.85. The predicted octanol–water partition coefficient (Wildman–Crippen LogP) is 2.09. The van der Waals surface area contributed by atoms with E-state index in [1.807, 2.05) is 0 Å². The Morgan fingerprint density at radius 3 is 2.71 bits per heavy atom. The van der Waals surface area contributed by atoms with Gasteiger partial charge in [0, 0.05) is 17.6 Å². The Morgan fingerprint density at radius 2 is 2.29 bits per heavy atom. The Bertz CT molecular complexity index is 162. The maximum Gasteiger partial charge on any atom is 0.337 e. The van der Waals surface area contributed by atoms with E-state index in [4.69, 9.17) is 4.79 Å². The fourth-order valence-electron chi connectivity index (χ4n) is 1.27. The highest BCUT2D eigenvalue weighted by Crippen LogP contribution is 2.02. The summed E-state index contributed by atoms with van der Waals surface area (Å²) in [6.07, 6.45) is 8.49. The van der Waals surface area contributed by atoms with E-state index in [9.17, 15) is 4.53 Å². The van der Waals surface area contributed by atoms with E-state index < -0.39 is 0 Å². The molecule has 0 radical (unpaired) electrons. The van der Waals surface area contributed by atoms with Gasteiger partial charge in [0.1, 0.15) is 0 Å². The van der Waals surface area contributed by atoms with E-state index >= 15 is 0 Å². The number of halogens is 1. The molecule has 0 amide bonds. The lowest BCUT2D eigenvalue weighted by atomic mass is 10.2. The second-order valence-corrected chi connectivity index (χ2v) is 3.10. The van der Waals surface area contributed by atoms with Crippen LogP contribution in [0.1, 0.15) is 26.2 Å². The molecule has 1 aliphatic heterocycles. The zero-order chi connectivity index (χ0) is 10.6. The van der Waals surface area contributed by atoms with E-state index in [1.165, 1.54) is 38.9 Å². The smallest absolute Gasteiger partial charge is 0.299 e. The molecule has 3 nitrogen and oxygen atoms in total. The number of hydrogen-bond donors (Lipinski definition) is 0. The van der Waals surface area contributed by atoms with Crippen molar-refractivity contribution < 1.29 is 14.3 Å². The Kier molecular flexibility index (Phi) is 9.53. The van der Waals surface area contributed by atoms with Gasteiger partial charge in [0.25, 0.3) is 0 Å². The van der Waals surface area contributed by atoms with Gasteiger partial charge in [0.2, 0.25) is 0 Å². The summed E-state index contributed by atoms with van der Waals surface area (Å²) >= 11 is 0. The van der Waals surface area contributed by atoms with E-state index in [-0.39, 0.29) is 6.47 Å². The second kappa shape index (κ2) is 10.2. The van der Waals surface area contributed by atoms with E-state index in [0.717, 1.165) is 0 Å². The fraction of sp³-hybridized carbons (Fsp3) is 0.700. The van der Waals surface area contributed by atoms with E-state index in [0.29, 0.717) is 0 Å². The summed E-state index contributed by atoms with van der Waals surface area (Å²) in [5.74, 6) is 0. The van der Waals surface area contributed by atoms with Gasteiger partial charge >= 0.3 is 6.47 Å². The number of nitrogens with zero attached hydrogens (tertiary/aromatic N) is 1. The summed E-state index contributed by atoms with van der Waals surface area (Å²) in [7, 11) is 0. The van der Waals surface area contributed by atoms with Crippen LogP contribution in [-0.4, -0.2) is 31.0 Å². The number of carbonyl (C=O) groups excluding carboxylic acids is 1. The molecule has 82 valence electrons. The molecule has 0 bridgehead atoms. The predicted molar refractivity (Wildman–Crippen MR) is 53.4 cm³/mol. The maximum absolute atomic E-state index is 9.85. The van der Waals surface area contributed by atoms with Crippen molar-refractivity contribution in [2.75, 3.05) is 19.6 Å². The van der Waals surface area contributed by atoms with Gasteiger partial charge in [-0.3, -0.25) is 14.6 Å². The van der Waals surface area contributed by atoms with Crippen LogP contribution in [0.25, 0.3) is 0 Å². The van der Waals surface area contributed by atoms with Crippen LogP contribution in [0, 0.1) is 0 Å². The summed E-state index contributed by atoms with van der Waals surface area (Å²) < 4.78 is 9.85. The normalized spacial score (nSPS) is 15.6. The molecule has 0 saturated carbocycles. The molecule has 4 heteroatoms. The number of carbonyl (C=O) groups is 1. The summed E-state index contributed by atoms with van der Waals surface area (Å²) in [4.78, 5) is 13.5. The highest BCUT2D eigenvalue weighted by atomic mass is 19.3. The number of unbranched alkanes of at least 4 members (excludes halogenated alkanes) is 1. The van der Waals surface area contributed by atoms with Crippen molar-refractivity contribution in [2.45, 2.75) is 26.2 Å². The summed E-state index contributed by atoms with van der Waals surface area (Å²) in [6, 6.07) is 0. The molecule has 1 aliphatic rings. The largest absolute Gasteiger partial charge is 0.337 e. The molecule has 0 saturated heterocycles. The molecule has 0 N–H and O–H groups in total. The SMILES string of the molecule is CCCCN1CC=CCC1.O=COF. The Morgan fingerprint density at radius 1 is 1.57 bits per heavy atom. The van der Waals surface area contributed by atoms with Crippen LogP contribution in [0.15, 0.2) is 12.2 Å². The number of rotatable bonds is 4. The van der Waals surface area contributed by atoms with Crippen LogP contribution in [0.5, 0.6) is 0 Å². The third-order valence-electron chi connectivity index (χ3n) is 2.01. The first-order valence-corrected chi connectivity index (χ1v) is 4.93. The topological polar surface area (TPSA) is 29.5 Å². The van der Waals surface area contributed by atoms with Crippen molar-refractivity contribution in [2.24, 2.45) is 0 Å². The summed E-state index contributed by atoms with van der Waals surface area (Å²) in [5, 5.41) is 0. The van der Waals surface area contributed by atoms with Crippen LogP contribution in [0.2, 0.25) is 0 Å². The molecule has 0 aliphatic carbocycles. The van der Waals surface area contributed by atoms with Crippen molar-refractivity contribution in [3.8, 4) is 0 Å². The first-order valence-electron chi connectivity index (χ1n) is 4.93. The highest BCUT2D eigenvalue weighted by molar-refractivity contribution is 5.35. The van der Waals surface area contributed by atoms with E-state index in [2.05, 4.69) is 28.9 Å². The van der Waals surface area contributed by atoms with Crippen molar-refractivity contribution in [3.63, 3.8) is 0 Å². The van der Waals surface area contributed by atoms with Gasteiger partial charge in [-0.15, -0.1) is 0 Å². The van der Waals surface area contributed by atoms with Gasteiger partial charge in [0.15, 0.2) is 0 Å². The molecule has 1 rings (SSSR count). The molecule has 0 fully saturated rings. The van der Waals surface area contributed by atoms with Crippen molar-refractivity contribution >= 4 is 6.47 Å². The molecule has 0 unspecified atom stereocenters. The fourth-order valence-corrected chi connectivity index (χ4v) is 1.27. The quantitative estimate of drug-likeness (QED) is 0.517. The molecule has 0 aromatic heterocycles. The molecular weight excluding hydrogens is 185 g/mol. The Hall–Kier alpha value is -0.900. The van der Waals surface area contributed by atoms with Crippen molar-refractivity contribution in [1.82, 2.24) is 4.90 Å². The van der Waals surface area contributed by atoms with Crippen LogP contribution in [0.3, 0.4) is 0 Å². The third-order valence-corrected chi connectivity index (χ3v) is 2.01. The average Bonchev–Trinajstić information content (AvgIpc) is 2.28. The van der Waals surface area contributed by atoms with Crippen LogP contribution < -0.4 is 0 Å². The molecule has 0 aromatic carbocycles. The summed E-state index contributed by atoms with van der Waals surface area (Å²) in [6.45, 7) is 5.71. The third kappa shape index (κ3) is 7.73. The minimum atomic E-state index is -0.292. The minimum Gasteiger partial charge on any atom is -0.299 e. The molecular formula is C10H18FNO2. The van der Waals surface area contributed by atoms with Gasteiger partial charge in [-0.2, -0.15) is 0 Å². The average molecular weight is 203 g/mol. The van der Waals surface area contributed by atoms with Crippen molar-refractivity contribution in [3.05, 3.63) is 12.2 Å². The standard InChI is InChI=1S/C9H17N.CHFO2/c1-2-3-7-10-8-5-4-6-9-10;2-4-1-3/h4-5H,2-3,6-9H2,1H3;1H. The zero-order valence-electron chi connectivity index (χ0n) is 8.62. The lowest BCUT2D eigenvalue weighted by Gasteiger charge is -2.22. The zero-order valence-corrected chi connectivity index (χ0v) is 8.62. The molecule has 0 atom stereocenters. The van der Waals surface area contributed by atoms with Crippen LogP contribution in [-0.2, 0) is 9.74 Å². The van der Waals surface area contributed by atoms with Gasteiger partial charge in [-0.25, -0.2) is 0 Å². The monoisotopic (exact) mass is 203 g/mol. The van der Waals surface area contributed by atoms with Gasteiger partial charge in [-0.1, -0.05) is 25.5 Å². The van der Waals surface area contributed by atoms with Gasteiger partial charge in [-0.05, 0) is 19.4 Å².